The molecule has 1 nitrogen and oxygen atoms in total. The van der Waals surface area contributed by atoms with Crippen molar-refractivity contribution in [3.63, 3.8) is 0 Å². The Bertz CT molecular complexity index is 222. The summed E-state index contributed by atoms with van der Waals surface area (Å²) in [5, 5.41) is 0. The van der Waals surface area contributed by atoms with E-state index in [0.29, 0.717) is 10.8 Å². The molecule has 1 heteroatoms. The van der Waals surface area contributed by atoms with E-state index in [9.17, 15) is 0 Å². The Balaban J connectivity index is 2.71. The van der Waals surface area contributed by atoms with Gasteiger partial charge in [0.05, 0.1) is 0 Å². The van der Waals surface area contributed by atoms with Gasteiger partial charge in [-0.15, -0.1) is 0 Å². The lowest BCUT2D eigenvalue weighted by Gasteiger charge is -2.50. The Hall–Kier alpha value is -0.0400. The molecular weight excluding hydrogens is 194 g/mol. The van der Waals surface area contributed by atoms with Crippen molar-refractivity contribution in [1.82, 2.24) is 0 Å². The molecule has 1 fully saturated rings. The Labute approximate surface area is 102 Å². The third-order valence-electron chi connectivity index (χ3n) is 3.84. The summed E-state index contributed by atoms with van der Waals surface area (Å²) in [5.74, 6) is 0.772. The molecule has 0 radical (unpaired) electrons. The first-order chi connectivity index (χ1) is 7.04. The van der Waals surface area contributed by atoms with Gasteiger partial charge >= 0.3 is 0 Å². The van der Waals surface area contributed by atoms with Crippen molar-refractivity contribution in [1.29, 1.82) is 0 Å². The molecule has 1 saturated carbocycles. The first-order valence-corrected chi connectivity index (χ1v) is 6.83. The predicted octanol–water partition coefficient (Wildman–Crippen LogP) is 4.36. The molecule has 0 amide bonds. The molecule has 96 valence electrons. The van der Waals surface area contributed by atoms with E-state index in [1.807, 2.05) is 0 Å². The van der Waals surface area contributed by atoms with Gasteiger partial charge in [0.15, 0.2) is 0 Å². The van der Waals surface area contributed by atoms with Crippen LogP contribution < -0.4 is 5.73 Å². The van der Waals surface area contributed by atoms with E-state index in [1.165, 1.54) is 32.1 Å². The van der Waals surface area contributed by atoms with E-state index in [2.05, 4.69) is 41.5 Å². The largest absolute Gasteiger partial charge is 0.325 e. The Morgan fingerprint density at radius 2 is 1.38 bits per heavy atom. The highest BCUT2D eigenvalue weighted by molar-refractivity contribution is 5.00. The third-order valence-corrected chi connectivity index (χ3v) is 3.84. The fourth-order valence-corrected chi connectivity index (χ4v) is 4.14. The molecule has 0 heterocycles. The van der Waals surface area contributed by atoms with Crippen LogP contribution in [-0.4, -0.2) is 5.54 Å². The summed E-state index contributed by atoms with van der Waals surface area (Å²) in [6, 6.07) is 0. The van der Waals surface area contributed by atoms with Gasteiger partial charge < -0.3 is 5.73 Å². The molecule has 0 spiro atoms. The van der Waals surface area contributed by atoms with Crippen molar-refractivity contribution in [2.75, 3.05) is 0 Å². The molecular formula is C15H31N. The molecule has 0 aromatic carbocycles. The Morgan fingerprint density at radius 3 is 1.75 bits per heavy atom. The van der Waals surface area contributed by atoms with Crippen LogP contribution in [0.15, 0.2) is 0 Å². The van der Waals surface area contributed by atoms with Crippen molar-refractivity contribution in [3.8, 4) is 0 Å². The minimum atomic E-state index is 0.0789. The maximum atomic E-state index is 6.66. The van der Waals surface area contributed by atoms with Gasteiger partial charge in [-0.05, 0) is 48.9 Å². The average molecular weight is 225 g/mol. The van der Waals surface area contributed by atoms with Crippen molar-refractivity contribution >= 4 is 0 Å². The molecule has 2 N–H and O–H groups in total. The molecule has 0 unspecified atom stereocenters. The minimum absolute atomic E-state index is 0.0789. The molecule has 0 aliphatic heterocycles. The predicted molar refractivity (Wildman–Crippen MR) is 72.4 cm³/mol. The van der Waals surface area contributed by atoms with Gasteiger partial charge in [0.1, 0.15) is 0 Å². The molecule has 16 heavy (non-hydrogen) atoms. The van der Waals surface area contributed by atoms with E-state index < -0.39 is 0 Å². The van der Waals surface area contributed by atoms with Crippen molar-refractivity contribution in [2.24, 2.45) is 22.5 Å². The maximum absolute atomic E-state index is 6.66. The molecule has 0 saturated heterocycles. The summed E-state index contributed by atoms with van der Waals surface area (Å²) >= 11 is 0. The zero-order valence-corrected chi connectivity index (χ0v) is 12.2. The highest BCUT2D eigenvalue weighted by Gasteiger charge is 2.44. The van der Waals surface area contributed by atoms with Crippen molar-refractivity contribution in [3.05, 3.63) is 0 Å². The summed E-state index contributed by atoms with van der Waals surface area (Å²) in [5.41, 5.74) is 7.56. The SMILES string of the molecule is CC(C)CCC1(N)CC(C)(C)CC(C)(C)C1. The standard InChI is InChI=1S/C15H31N/c1-12(2)7-8-15(16)10-13(3,4)9-14(5,6)11-15/h12H,7-11,16H2,1-6H3. The topological polar surface area (TPSA) is 26.0 Å². The second-order valence-electron chi connectivity index (χ2n) is 8.15. The molecule has 0 aromatic heterocycles. The highest BCUT2D eigenvalue weighted by atomic mass is 14.8. The van der Waals surface area contributed by atoms with Crippen LogP contribution in [-0.2, 0) is 0 Å². The van der Waals surface area contributed by atoms with Crippen LogP contribution >= 0.6 is 0 Å². The molecule has 0 aromatic rings. The van der Waals surface area contributed by atoms with Crippen LogP contribution in [0.3, 0.4) is 0 Å². The van der Waals surface area contributed by atoms with Crippen LogP contribution in [0.2, 0.25) is 0 Å². The van der Waals surface area contributed by atoms with Crippen LogP contribution in [0.4, 0.5) is 0 Å². The van der Waals surface area contributed by atoms with Crippen molar-refractivity contribution < 1.29 is 0 Å². The average Bonchev–Trinajstić information content (AvgIpc) is 1.93. The first-order valence-electron chi connectivity index (χ1n) is 6.83. The Morgan fingerprint density at radius 1 is 0.938 bits per heavy atom. The van der Waals surface area contributed by atoms with Gasteiger partial charge in [0.2, 0.25) is 0 Å². The summed E-state index contributed by atoms with van der Waals surface area (Å²) in [7, 11) is 0. The molecule has 1 aliphatic rings. The number of rotatable bonds is 3. The number of hydrogen-bond acceptors (Lipinski definition) is 1. The van der Waals surface area contributed by atoms with Crippen LogP contribution in [0.1, 0.15) is 73.6 Å². The molecule has 1 rings (SSSR count). The first kappa shape index (κ1) is 14.0. The molecule has 1 aliphatic carbocycles. The quantitative estimate of drug-likeness (QED) is 0.759. The Kier molecular flexibility index (Phi) is 3.79. The van der Waals surface area contributed by atoms with Gasteiger partial charge in [-0.2, -0.15) is 0 Å². The van der Waals surface area contributed by atoms with Gasteiger partial charge in [0.25, 0.3) is 0 Å². The van der Waals surface area contributed by atoms with E-state index in [-0.39, 0.29) is 5.54 Å². The van der Waals surface area contributed by atoms with E-state index in [0.717, 1.165) is 5.92 Å². The second kappa shape index (κ2) is 4.33. The third kappa shape index (κ3) is 4.08. The smallest absolute Gasteiger partial charge is 0.0164 e. The molecule has 0 atom stereocenters. The van der Waals surface area contributed by atoms with Crippen molar-refractivity contribution in [2.45, 2.75) is 79.2 Å². The van der Waals surface area contributed by atoms with Crippen LogP contribution in [0.25, 0.3) is 0 Å². The van der Waals surface area contributed by atoms with Gasteiger partial charge in [0, 0.05) is 5.54 Å². The van der Waals surface area contributed by atoms with Crippen LogP contribution in [0.5, 0.6) is 0 Å². The summed E-state index contributed by atoms with van der Waals surface area (Å²) < 4.78 is 0. The fourth-order valence-electron chi connectivity index (χ4n) is 4.14. The lowest BCUT2D eigenvalue weighted by atomic mass is 9.57. The number of nitrogens with two attached hydrogens (primary N) is 1. The monoisotopic (exact) mass is 225 g/mol. The van der Waals surface area contributed by atoms with Crippen LogP contribution in [0, 0.1) is 16.7 Å². The van der Waals surface area contributed by atoms with Gasteiger partial charge in [-0.1, -0.05) is 41.5 Å². The lowest BCUT2D eigenvalue weighted by molar-refractivity contribution is 0.0418. The minimum Gasteiger partial charge on any atom is -0.325 e. The summed E-state index contributed by atoms with van der Waals surface area (Å²) in [6.45, 7) is 14.1. The summed E-state index contributed by atoms with van der Waals surface area (Å²) in [6.07, 6.45) is 6.15. The maximum Gasteiger partial charge on any atom is 0.0164 e. The molecule has 0 bridgehead atoms. The normalized spacial score (nSPS) is 27.0. The van der Waals surface area contributed by atoms with Gasteiger partial charge in [-0.25, -0.2) is 0 Å². The second-order valence-corrected chi connectivity index (χ2v) is 8.15. The fraction of sp³-hybridized carbons (Fsp3) is 1.00. The van der Waals surface area contributed by atoms with E-state index in [1.54, 1.807) is 0 Å². The number of hydrogen-bond donors (Lipinski definition) is 1. The van der Waals surface area contributed by atoms with E-state index >= 15 is 0 Å². The lowest BCUT2D eigenvalue weighted by Crippen LogP contribution is -2.52. The van der Waals surface area contributed by atoms with E-state index in [4.69, 9.17) is 5.73 Å². The summed E-state index contributed by atoms with van der Waals surface area (Å²) in [4.78, 5) is 0. The van der Waals surface area contributed by atoms with Gasteiger partial charge in [-0.3, -0.25) is 0 Å². The highest BCUT2D eigenvalue weighted by Crippen LogP contribution is 2.50. The zero-order chi connectivity index (χ0) is 12.6. The zero-order valence-electron chi connectivity index (χ0n) is 12.2.